The van der Waals surface area contributed by atoms with Gasteiger partial charge in [-0.3, -0.25) is 4.79 Å². The molecule has 0 aliphatic heterocycles. The molecule has 40 heavy (non-hydrogen) atoms. The lowest BCUT2D eigenvalue weighted by molar-refractivity contribution is -0.148. The average Bonchev–Trinajstić information content (AvgIpc) is 2.98. The number of hydrogen-bond donors (Lipinski definition) is 2. The first kappa shape index (κ1) is 31.8. The van der Waals surface area contributed by atoms with Crippen LogP contribution in [0.3, 0.4) is 0 Å². The van der Waals surface area contributed by atoms with Crippen LogP contribution in [-0.4, -0.2) is 32.1 Å². The Bertz CT molecular complexity index is 1260. The molecule has 0 bridgehead atoms. The van der Waals surface area contributed by atoms with Crippen molar-refractivity contribution in [3.05, 3.63) is 78.4 Å². The van der Waals surface area contributed by atoms with E-state index in [1.54, 1.807) is 48.5 Å². The summed E-state index contributed by atoms with van der Waals surface area (Å²) in [7, 11) is -4.15. The second-order valence-corrected chi connectivity index (χ2v) is 12.2. The Morgan fingerprint density at radius 1 is 0.750 bits per heavy atom. The Hall–Kier alpha value is -2.74. The van der Waals surface area contributed by atoms with Gasteiger partial charge in [0.1, 0.15) is 12.1 Å². The van der Waals surface area contributed by atoms with Crippen LogP contribution in [0.4, 0.5) is 0 Å². The van der Waals surface area contributed by atoms with Crippen LogP contribution in [0.1, 0.15) is 95.6 Å². The summed E-state index contributed by atoms with van der Waals surface area (Å²) in [5, 5.41) is 12.4. The highest BCUT2D eigenvalue weighted by molar-refractivity contribution is 7.89. The minimum Gasteiger partial charge on any atom is -0.464 e. The van der Waals surface area contributed by atoms with Gasteiger partial charge in [0.25, 0.3) is 0 Å². The molecular weight excluding hydrogens is 522 g/mol. The SMILES string of the molecule is CCCCCCCCCCCCCCOC(=O)[C@H](NS(=O)(=O)c1cccc2ccccc12)[C@H](O)c1ccccc1. The van der Waals surface area contributed by atoms with E-state index in [2.05, 4.69) is 11.6 Å². The van der Waals surface area contributed by atoms with Gasteiger partial charge in [-0.2, -0.15) is 4.72 Å². The van der Waals surface area contributed by atoms with Crippen LogP contribution >= 0.6 is 0 Å². The van der Waals surface area contributed by atoms with Crippen LogP contribution in [0, 0.1) is 0 Å². The number of sulfonamides is 1. The zero-order valence-electron chi connectivity index (χ0n) is 23.8. The molecule has 0 amide bonds. The number of rotatable bonds is 19. The average molecular weight is 568 g/mol. The molecule has 0 fully saturated rings. The summed E-state index contributed by atoms with van der Waals surface area (Å²) in [6.07, 6.45) is 12.9. The lowest BCUT2D eigenvalue weighted by atomic mass is 10.0. The number of esters is 1. The summed E-state index contributed by atoms with van der Waals surface area (Å²) >= 11 is 0. The highest BCUT2D eigenvalue weighted by atomic mass is 32.2. The molecule has 0 spiro atoms. The smallest absolute Gasteiger partial charge is 0.327 e. The predicted molar refractivity (Wildman–Crippen MR) is 161 cm³/mol. The molecule has 0 saturated carbocycles. The van der Waals surface area contributed by atoms with Gasteiger partial charge in [-0.15, -0.1) is 0 Å². The Morgan fingerprint density at radius 2 is 1.30 bits per heavy atom. The van der Waals surface area contributed by atoms with Crippen molar-refractivity contribution in [1.82, 2.24) is 4.72 Å². The maximum atomic E-state index is 13.5. The maximum absolute atomic E-state index is 13.5. The minimum atomic E-state index is -4.15. The fourth-order valence-electron chi connectivity index (χ4n) is 4.95. The van der Waals surface area contributed by atoms with Crippen LogP contribution in [0.5, 0.6) is 0 Å². The van der Waals surface area contributed by atoms with E-state index in [1.807, 2.05) is 18.2 Å². The van der Waals surface area contributed by atoms with Crippen molar-refractivity contribution in [2.45, 2.75) is 101 Å². The van der Waals surface area contributed by atoms with Crippen LogP contribution in [0.2, 0.25) is 0 Å². The van der Waals surface area contributed by atoms with Gasteiger partial charge in [0.2, 0.25) is 10.0 Å². The molecule has 0 aliphatic carbocycles. The minimum absolute atomic E-state index is 0.0459. The monoisotopic (exact) mass is 567 g/mol. The normalized spacial score (nSPS) is 13.2. The van der Waals surface area contributed by atoms with E-state index in [4.69, 9.17) is 4.74 Å². The zero-order valence-corrected chi connectivity index (χ0v) is 24.6. The van der Waals surface area contributed by atoms with Crippen molar-refractivity contribution in [2.24, 2.45) is 0 Å². The summed E-state index contributed by atoms with van der Waals surface area (Å²) in [5.74, 6) is -0.789. The molecule has 7 heteroatoms. The van der Waals surface area contributed by atoms with Crippen molar-refractivity contribution >= 4 is 26.8 Å². The molecule has 0 unspecified atom stereocenters. The summed E-state index contributed by atoms with van der Waals surface area (Å²) < 4.78 is 34.8. The summed E-state index contributed by atoms with van der Waals surface area (Å²) in [6.45, 7) is 2.42. The van der Waals surface area contributed by atoms with Crippen molar-refractivity contribution in [2.75, 3.05) is 6.61 Å². The summed E-state index contributed by atoms with van der Waals surface area (Å²) in [6, 6.07) is 19.2. The van der Waals surface area contributed by atoms with Gasteiger partial charge in [0.05, 0.1) is 11.5 Å². The van der Waals surface area contributed by atoms with E-state index in [9.17, 15) is 18.3 Å². The molecule has 2 N–H and O–H groups in total. The third-order valence-electron chi connectivity index (χ3n) is 7.27. The number of hydrogen-bond acceptors (Lipinski definition) is 5. The van der Waals surface area contributed by atoms with Crippen LogP contribution in [-0.2, 0) is 19.6 Å². The van der Waals surface area contributed by atoms with Crippen LogP contribution < -0.4 is 4.72 Å². The molecule has 0 heterocycles. The fraction of sp³-hybridized carbons (Fsp3) is 0.485. The number of nitrogens with one attached hydrogen (secondary N) is 1. The van der Waals surface area contributed by atoms with E-state index in [0.717, 1.165) is 18.2 Å². The number of ether oxygens (including phenoxy) is 1. The van der Waals surface area contributed by atoms with Crippen LogP contribution in [0.15, 0.2) is 77.7 Å². The van der Waals surface area contributed by atoms with E-state index in [1.165, 1.54) is 63.9 Å². The van der Waals surface area contributed by atoms with Gasteiger partial charge in [-0.05, 0) is 23.4 Å². The van der Waals surface area contributed by atoms with Crippen LogP contribution in [0.25, 0.3) is 10.8 Å². The largest absolute Gasteiger partial charge is 0.464 e. The van der Waals surface area contributed by atoms with Gasteiger partial charge < -0.3 is 9.84 Å². The molecule has 0 aliphatic rings. The Labute approximate surface area is 240 Å². The Kier molecular flexibility index (Phi) is 13.6. The molecule has 0 saturated heterocycles. The second-order valence-electron chi connectivity index (χ2n) is 10.5. The van der Waals surface area contributed by atoms with E-state index in [-0.39, 0.29) is 11.5 Å². The lowest BCUT2D eigenvalue weighted by Gasteiger charge is -2.23. The first-order chi connectivity index (χ1) is 19.4. The van der Waals surface area contributed by atoms with E-state index < -0.39 is 28.1 Å². The summed E-state index contributed by atoms with van der Waals surface area (Å²) in [4.78, 5) is 13.2. The molecule has 2 atom stereocenters. The Balaban J connectivity index is 1.53. The number of unbranched alkanes of at least 4 members (excludes halogenated alkanes) is 11. The third-order valence-corrected chi connectivity index (χ3v) is 8.77. The second kappa shape index (κ2) is 17.2. The molecule has 3 rings (SSSR count). The molecule has 3 aromatic rings. The van der Waals surface area contributed by atoms with E-state index in [0.29, 0.717) is 17.4 Å². The van der Waals surface area contributed by atoms with Gasteiger partial charge in [0.15, 0.2) is 0 Å². The number of aliphatic hydroxyl groups is 1. The number of carbonyl (C=O) groups is 1. The van der Waals surface area contributed by atoms with Crippen molar-refractivity contribution < 1.29 is 23.1 Å². The van der Waals surface area contributed by atoms with Gasteiger partial charge in [0, 0.05) is 5.39 Å². The van der Waals surface area contributed by atoms with Gasteiger partial charge in [-0.1, -0.05) is 144 Å². The molecule has 0 radical (unpaired) electrons. The molecular formula is C33H45NO5S. The highest BCUT2D eigenvalue weighted by Gasteiger charge is 2.34. The summed E-state index contributed by atoms with van der Waals surface area (Å²) in [5.41, 5.74) is 0.426. The number of fused-ring (bicyclic) bond motifs is 1. The number of carbonyl (C=O) groups excluding carboxylic acids is 1. The third kappa shape index (κ3) is 10.0. The molecule has 0 aromatic heterocycles. The van der Waals surface area contributed by atoms with Gasteiger partial charge >= 0.3 is 5.97 Å². The maximum Gasteiger partial charge on any atom is 0.327 e. The first-order valence-corrected chi connectivity index (χ1v) is 16.3. The number of benzene rings is 3. The van der Waals surface area contributed by atoms with Gasteiger partial charge in [-0.25, -0.2) is 8.42 Å². The molecule has 6 nitrogen and oxygen atoms in total. The van der Waals surface area contributed by atoms with Crippen molar-refractivity contribution in [1.29, 1.82) is 0 Å². The zero-order chi connectivity index (χ0) is 28.6. The quantitative estimate of drug-likeness (QED) is 0.116. The topological polar surface area (TPSA) is 92.7 Å². The van der Waals surface area contributed by atoms with E-state index >= 15 is 0 Å². The molecule has 218 valence electrons. The fourth-order valence-corrected chi connectivity index (χ4v) is 6.37. The molecule has 3 aromatic carbocycles. The lowest BCUT2D eigenvalue weighted by Crippen LogP contribution is -2.46. The standard InChI is InChI=1S/C33H45NO5S/c1-2-3-4-5-6-7-8-9-10-11-12-18-26-39-33(36)31(32(35)28-21-14-13-15-22-28)34-40(37,38)30-25-19-23-27-20-16-17-24-29(27)30/h13-17,19-25,31-32,34-35H,2-12,18,26H2,1H3/t31-,32-/m1/s1. The first-order valence-electron chi connectivity index (χ1n) is 14.8. The highest BCUT2D eigenvalue weighted by Crippen LogP contribution is 2.25. The number of aliphatic hydroxyl groups excluding tert-OH is 1. The van der Waals surface area contributed by atoms with Crippen molar-refractivity contribution in [3.8, 4) is 0 Å². The predicted octanol–water partition coefficient (Wildman–Crippen LogP) is 7.46. The van der Waals surface area contributed by atoms with Crippen molar-refractivity contribution in [3.63, 3.8) is 0 Å². The Morgan fingerprint density at radius 3 is 1.95 bits per heavy atom.